The first kappa shape index (κ1) is 20.5. The molecule has 4 heteroatoms. The van der Waals surface area contributed by atoms with E-state index in [2.05, 4.69) is 17.4 Å². The minimum absolute atomic E-state index is 0.0480. The lowest BCUT2D eigenvalue weighted by Crippen LogP contribution is -2.36. The normalized spacial score (nSPS) is 17.2. The molecular formula is C28H27NO3. The number of ether oxygens (including phenoxy) is 1. The predicted octanol–water partition coefficient (Wildman–Crippen LogP) is 6.11. The second kappa shape index (κ2) is 9.41. The van der Waals surface area contributed by atoms with Crippen molar-refractivity contribution < 1.29 is 9.15 Å². The van der Waals surface area contributed by atoms with Crippen LogP contribution in [0.1, 0.15) is 37.4 Å². The highest BCUT2D eigenvalue weighted by molar-refractivity contribution is 5.82. The third kappa shape index (κ3) is 4.46. The Morgan fingerprint density at radius 2 is 1.75 bits per heavy atom. The molecule has 0 spiro atoms. The van der Waals surface area contributed by atoms with Crippen molar-refractivity contribution in [2.45, 2.75) is 37.8 Å². The first-order valence-corrected chi connectivity index (χ1v) is 11.3. The zero-order chi connectivity index (χ0) is 21.8. The number of nitrogens with one attached hydrogen (secondary N) is 1. The van der Waals surface area contributed by atoms with E-state index in [0.29, 0.717) is 28.3 Å². The van der Waals surface area contributed by atoms with Crippen molar-refractivity contribution in [3.8, 4) is 16.9 Å². The molecule has 2 unspecified atom stereocenters. The number of hydrogen-bond acceptors (Lipinski definition) is 4. The van der Waals surface area contributed by atoms with Crippen molar-refractivity contribution in [3.63, 3.8) is 0 Å². The lowest BCUT2D eigenvalue weighted by atomic mass is 9.95. The van der Waals surface area contributed by atoms with E-state index in [1.165, 1.54) is 12.8 Å². The molecule has 3 aromatic carbocycles. The molecule has 2 heterocycles. The van der Waals surface area contributed by atoms with E-state index in [-0.39, 0.29) is 11.5 Å². The van der Waals surface area contributed by atoms with E-state index in [1.807, 2.05) is 66.7 Å². The third-order valence-corrected chi connectivity index (χ3v) is 6.19. The summed E-state index contributed by atoms with van der Waals surface area (Å²) in [6.45, 7) is 1.06. The van der Waals surface area contributed by atoms with Gasteiger partial charge in [-0.3, -0.25) is 4.79 Å². The van der Waals surface area contributed by atoms with Gasteiger partial charge in [0.1, 0.15) is 23.7 Å². The number of benzene rings is 3. The van der Waals surface area contributed by atoms with E-state index < -0.39 is 0 Å². The smallest absolute Gasteiger partial charge is 0.200 e. The minimum atomic E-state index is -0.0893. The molecule has 0 radical (unpaired) electrons. The fraction of sp³-hybridized carbons (Fsp3) is 0.250. The van der Waals surface area contributed by atoms with Crippen LogP contribution >= 0.6 is 0 Å². The number of piperidine rings is 1. The Labute approximate surface area is 187 Å². The topological polar surface area (TPSA) is 51.5 Å². The molecule has 2 atom stereocenters. The fourth-order valence-electron chi connectivity index (χ4n) is 4.47. The quantitative estimate of drug-likeness (QED) is 0.405. The number of fused-ring (bicyclic) bond motifs is 1. The van der Waals surface area contributed by atoms with Gasteiger partial charge in [0.15, 0.2) is 0 Å². The van der Waals surface area contributed by atoms with Gasteiger partial charge in [0, 0.05) is 12.5 Å². The third-order valence-electron chi connectivity index (χ3n) is 6.19. The Morgan fingerprint density at radius 3 is 2.50 bits per heavy atom. The molecule has 0 bridgehead atoms. The predicted molar refractivity (Wildman–Crippen MR) is 128 cm³/mol. The zero-order valence-corrected chi connectivity index (χ0v) is 18.0. The Bertz CT molecular complexity index is 1230. The number of rotatable bonds is 6. The van der Waals surface area contributed by atoms with Crippen molar-refractivity contribution in [1.29, 1.82) is 0 Å². The summed E-state index contributed by atoms with van der Waals surface area (Å²) in [6, 6.07) is 25.9. The van der Waals surface area contributed by atoms with E-state index in [4.69, 9.17) is 9.15 Å². The monoisotopic (exact) mass is 425 g/mol. The number of hydrogen-bond donors (Lipinski definition) is 1. The Kier molecular flexibility index (Phi) is 6.04. The maximum absolute atomic E-state index is 13.2. The van der Waals surface area contributed by atoms with Crippen LogP contribution in [0, 0.1) is 0 Å². The zero-order valence-electron chi connectivity index (χ0n) is 18.0. The standard InChI is InChI=1S/C28H27NO3/c30-28-24-18-23(14-15-26(24)31-19-25(28)20-9-3-1-4-10-20)32-27(21-11-5-2-6-12-21)17-22-13-7-8-16-29-22/h1-6,9-12,14-15,18-19,22,27,29H,7-8,13,16-17H2. The summed E-state index contributed by atoms with van der Waals surface area (Å²) in [5, 5.41) is 4.16. The van der Waals surface area contributed by atoms with Crippen LogP contribution in [-0.2, 0) is 0 Å². The van der Waals surface area contributed by atoms with Gasteiger partial charge in [0.25, 0.3) is 0 Å². The molecule has 0 aliphatic carbocycles. The van der Waals surface area contributed by atoms with Gasteiger partial charge in [-0.1, -0.05) is 67.1 Å². The highest BCUT2D eigenvalue weighted by atomic mass is 16.5. The molecule has 1 fully saturated rings. The van der Waals surface area contributed by atoms with Crippen LogP contribution in [0.5, 0.6) is 5.75 Å². The van der Waals surface area contributed by atoms with Crippen molar-refractivity contribution in [2.75, 3.05) is 6.54 Å². The second-order valence-corrected chi connectivity index (χ2v) is 8.40. The molecule has 1 aliphatic rings. The van der Waals surface area contributed by atoms with Crippen LogP contribution in [0.25, 0.3) is 22.1 Å². The van der Waals surface area contributed by atoms with Crippen molar-refractivity contribution in [3.05, 3.63) is 101 Å². The van der Waals surface area contributed by atoms with Crippen LogP contribution in [0.2, 0.25) is 0 Å². The van der Waals surface area contributed by atoms with Gasteiger partial charge in [0.2, 0.25) is 5.43 Å². The summed E-state index contributed by atoms with van der Waals surface area (Å²) in [6.07, 6.45) is 5.99. The molecule has 32 heavy (non-hydrogen) atoms. The molecule has 4 nitrogen and oxygen atoms in total. The Balaban J connectivity index is 1.47. The van der Waals surface area contributed by atoms with Gasteiger partial charge in [-0.05, 0) is 48.7 Å². The van der Waals surface area contributed by atoms with Crippen LogP contribution in [0.15, 0.2) is 94.3 Å². The maximum atomic E-state index is 13.2. The summed E-state index contributed by atoms with van der Waals surface area (Å²) in [5.74, 6) is 0.680. The largest absolute Gasteiger partial charge is 0.486 e. The van der Waals surface area contributed by atoms with Crippen LogP contribution < -0.4 is 15.5 Å². The lowest BCUT2D eigenvalue weighted by molar-refractivity contribution is 0.169. The second-order valence-electron chi connectivity index (χ2n) is 8.40. The molecule has 0 amide bonds. The highest BCUT2D eigenvalue weighted by Gasteiger charge is 2.22. The van der Waals surface area contributed by atoms with Gasteiger partial charge in [0.05, 0.1) is 10.9 Å². The molecule has 5 rings (SSSR count). The van der Waals surface area contributed by atoms with E-state index in [9.17, 15) is 4.79 Å². The van der Waals surface area contributed by atoms with Gasteiger partial charge >= 0.3 is 0 Å². The maximum Gasteiger partial charge on any atom is 0.200 e. The first-order valence-electron chi connectivity index (χ1n) is 11.3. The SMILES string of the molecule is O=c1c(-c2ccccc2)coc2ccc(OC(CC3CCCCN3)c3ccccc3)cc12. The average Bonchev–Trinajstić information content (AvgIpc) is 2.86. The Hall–Kier alpha value is -3.37. The summed E-state index contributed by atoms with van der Waals surface area (Å²) in [7, 11) is 0. The van der Waals surface area contributed by atoms with Crippen LogP contribution in [0.4, 0.5) is 0 Å². The Morgan fingerprint density at radius 1 is 0.969 bits per heavy atom. The summed E-state index contributed by atoms with van der Waals surface area (Å²) in [5.41, 5.74) is 3.06. The van der Waals surface area contributed by atoms with Crippen LogP contribution in [0.3, 0.4) is 0 Å². The molecule has 1 saturated heterocycles. The minimum Gasteiger partial charge on any atom is -0.486 e. The van der Waals surface area contributed by atoms with Gasteiger partial charge < -0.3 is 14.5 Å². The summed E-state index contributed by atoms with van der Waals surface area (Å²) in [4.78, 5) is 13.2. The molecule has 4 aromatic rings. The highest BCUT2D eigenvalue weighted by Crippen LogP contribution is 2.30. The fourth-order valence-corrected chi connectivity index (χ4v) is 4.47. The van der Waals surface area contributed by atoms with E-state index in [0.717, 1.165) is 30.5 Å². The van der Waals surface area contributed by atoms with Gasteiger partial charge in [-0.15, -0.1) is 0 Å². The molecule has 1 aromatic heterocycles. The van der Waals surface area contributed by atoms with E-state index in [1.54, 1.807) is 6.26 Å². The lowest BCUT2D eigenvalue weighted by Gasteiger charge is -2.28. The first-order chi connectivity index (χ1) is 15.8. The molecule has 1 N–H and O–H groups in total. The summed E-state index contributed by atoms with van der Waals surface area (Å²) >= 11 is 0. The molecule has 1 aliphatic heterocycles. The van der Waals surface area contributed by atoms with Crippen molar-refractivity contribution >= 4 is 11.0 Å². The molecule has 162 valence electrons. The van der Waals surface area contributed by atoms with E-state index >= 15 is 0 Å². The van der Waals surface area contributed by atoms with Crippen molar-refractivity contribution in [1.82, 2.24) is 5.32 Å². The average molecular weight is 426 g/mol. The molecular weight excluding hydrogens is 398 g/mol. The van der Waals surface area contributed by atoms with Crippen LogP contribution in [-0.4, -0.2) is 12.6 Å². The van der Waals surface area contributed by atoms with Gasteiger partial charge in [-0.2, -0.15) is 0 Å². The van der Waals surface area contributed by atoms with Crippen molar-refractivity contribution in [2.24, 2.45) is 0 Å². The molecule has 0 saturated carbocycles. The van der Waals surface area contributed by atoms with Gasteiger partial charge in [-0.25, -0.2) is 0 Å². The summed E-state index contributed by atoms with van der Waals surface area (Å²) < 4.78 is 12.3.